The zero-order valence-electron chi connectivity index (χ0n) is 27.6. The van der Waals surface area contributed by atoms with Gasteiger partial charge in [-0.1, -0.05) is 31.0 Å². The Morgan fingerprint density at radius 2 is 1.75 bits per heavy atom. The molecule has 5 amide bonds. The second kappa shape index (κ2) is 14.6. The lowest BCUT2D eigenvalue weighted by molar-refractivity contribution is -0.136. The predicted octanol–water partition coefficient (Wildman–Crippen LogP) is 3.80. The molecule has 2 aliphatic rings. The van der Waals surface area contributed by atoms with Gasteiger partial charge in [-0.25, -0.2) is 4.98 Å². The Balaban J connectivity index is 0.843. The minimum atomic E-state index is -1.00. The van der Waals surface area contributed by atoms with Crippen LogP contribution in [-0.2, 0) is 16.1 Å². The lowest BCUT2D eigenvalue weighted by Crippen LogP contribution is -2.54. The highest BCUT2D eigenvalue weighted by molar-refractivity contribution is 6.25. The molecule has 0 saturated carbocycles. The van der Waals surface area contributed by atoms with Crippen LogP contribution in [0.2, 0.25) is 0 Å². The molecule has 0 aliphatic carbocycles. The number of furan rings is 1. The van der Waals surface area contributed by atoms with Gasteiger partial charge >= 0.3 is 0 Å². The molecule has 1 saturated heterocycles. The maximum atomic E-state index is 13.3. The third-order valence-corrected chi connectivity index (χ3v) is 8.95. The van der Waals surface area contributed by atoms with Crippen LogP contribution in [0.3, 0.4) is 0 Å². The molecule has 3 aromatic heterocycles. The number of hydrogen-bond donors (Lipinski definition) is 4. The average Bonchev–Trinajstić information content (AvgIpc) is 3.90. The number of hydrogen-bond acceptors (Lipinski definition) is 11. The van der Waals surface area contributed by atoms with Crippen LogP contribution in [0.5, 0.6) is 0 Å². The van der Waals surface area contributed by atoms with Crippen LogP contribution in [0.4, 0.5) is 11.5 Å². The van der Waals surface area contributed by atoms with Crippen molar-refractivity contribution < 1.29 is 28.4 Å². The van der Waals surface area contributed by atoms with Crippen LogP contribution in [0, 0.1) is 0 Å². The second-order valence-electron chi connectivity index (χ2n) is 12.3. The number of anilines is 2. The molecule has 5 heterocycles. The highest BCUT2D eigenvalue weighted by Crippen LogP contribution is 2.32. The van der Waals surface area contributed by atoms with Gasteiger partial charge in [-0.15, -0.1) is 10.2 Å². The summed E-state index contributed by atoms with van der Waals surface area (Å²) < 4.78 is 7.20. The maximum absolute atomic E-state index is 13.3. The van der Waals surface area contributed by atoms with Gasteiger partial charge in [0.05, 0.1) is 30.1 Å². The monoisotopic (exact) mass is 689 g/mol. The molecule has 4 N–H and O–H groups in total. The second-order valence-corrected chi connectivity index (χ2v) is 12.3. The largest absolute Gasteiger partial charge is 0.467 e. The molecular weight excluding hydrogens is 654 g/mol. The molecular formula is C36H35N9O6. The van der Waals surface area contributed by atoms with E-state index in [4.69, 9.17) is 4.42 Å². The molecule has 1 fully saturated rings. The Labute approximate surface area is 291 Å². The van der Waals surface area contributed by atoms with Crippen molar-refractivity contribution in [3.63, 3.8) is 0 Å². The number of nitrogens with zero attached hydrogens (tertiary/aromatic N) is 5. The molecule has 0 spiro atoms. The van der Waals surface area contributed by atoms with E-state index in [9.17, 15) is 24.0 Å². The van der Waals surface area contributed by atoms with Gasteiger partial charge in [-0.3, -0.25) is 38.6 Å². The normalized spacial score (nSPS) is 15.6. The Morgan fingerprint density at radius 3 is 2.53 bits per heavy atom. The van der Waals surface area contributed by atoms with Gasteiger partial charge in [0.15, 0.2) is 5.65 Å². The van der Waals surface area contributed by atoms with Crippen molar-refractivity contribution in [1.29, 1.82) is 0 Å². The predicted molar refractivity (Wildman–Crippen MR) is 185 cm³/mol. The van der Waals surface area contributed by atoms with Gasteiger partial charge < -0.3 is 20.4 Å². The highest BCUT2D eigenvalue weighted by atomic mass is 16.3. The maximum Gasteiger partial charge on any atom is 0.264 e. The summed E-state index contributed by atoms with van der Waals surface area (Å²) in [6.07, 6.45) is 8.52. The first kappa shape index (κ1) is 33.1. The van der Waals surface area contributed by atoms with Crippen LogP contribution in [0.25, 0.3) is 16.9 Å². The number of piperidine rings is 1. The minimum absolute atomic E-state index is 0.0705. The smallest absolute Gasteiger partial charge is 0.264 e. The van der Waals surface area contributed by atoms with Gasteiger partial charge in [0, 0.05) is 36.3 Å². The van der Waals surface area contributed by atoms with Crippen molar-refractivity contribution in [1.82, 2.24) is 35.1 Å². The molecule has 15 heteroatoms. The van der Waals surface area contributed by atoms with E-state index in [-0.39, 0.29) is 29.9 Å². The topological polar surface area (TPSA) is 193 Å². The van der Waals surface area contributed by atoms with E-state index in [2.05, 4.69) is 36.4 Å². The van der Waals surface area contributed by atoms with Gasteiger partial charge in [0.2, 0.25) is 11.8 Å². The Kier molecular flexibility index (Phi) is 9.50. The van der Waals surface area contributed by atoms with E-state index in [0.29, 0.717) is 42.2 Å². The van der Waals surface area contributed by atoms with Gasteiger partial charge in [0.1, 0.15) is 29.6 Å². The fraction of sp³-hybridized carbons (Fsp3) is 0.278. The van der Waals surface area contributed by atoms with Gasteiger partial charge in [-0.05, 0) is 55.7 Å². The quantitative estimate of drug-likeness (QED) is 0.0979. The van der Waals surface area contributed by atoms with Crippen LogP contribution in [-0.4, -0.2) is 73.1 Å². The third-order valence-electron chi connectivity index (χ3n) is 8.95. The van der Waals surface area contributed by atoms with Crippen molar-refractivity contribution in [3.05, 3.63) is 95.8 Å². The molecule has 260 valence electrons. The number of imide groups is 2. The number of fused-ring (bicyclic) bond motifs is 2. The van der Waals surface area contributed by atoms with Crippen LogP contribution < -0.4 is 21.3 Å². The summed E-state index contributed by atoms with van der Waals surface area (Å²) in [5.41, 5.74) is 3.60. The molecule has 0 bridgehead atoms. The van der Waals surface area contributed by atoms with Gasteiger partial charge in [-0.2, -0.15) is 0 Å². The van der Waals surface area contributed by atoms with Crippen molar-refractivity contribution in [2.24, 2.45) is 0 Å². The summed E-state index contributed by atoms with van der Waals surface area (Å²) in [6, 6.07) is 14.9. The summed E-state index contributed by atoms with van der Waals surface area (Å²) in [4.78, 5) is 68.6. The number of nitrogens with one attached hydrogen (secondary N) is 4. The number of carbonyl (C=O) groups excluding carboxylic acids is 5. The average molecular weight is 690 g/mol. The summed E-state index contributed by atoms with van der Waals surface area (Å²) >= 11 is 0. The van der Waals surface area contributed by atoms with E-state index in [1.54, 1.807) is 49.1 Å². The van der Waals surface area contributed by atoms with Crippen molar-refractivity contribution >= 4 is 46.7 Å². The molecule has 51 heavy (non-hydrogen) atoms. The molecule has 1 atom stereocenters. The van der Waals surface area contributed by atoms with Crippen LogP contribution in [0.1, 0.15) is 75.4 Å². The fourth-order valence-electron chi connectivity index (χ4n) is 6.32. The summed E-state index contributed by atoms with van der Waals surface area (Å²) in [5.74, 6) is -0.767. The van der Waals surface area contributed by atoms with Crippen LogP contribution >= 0.6 is 0 Å². The minimum Gasteiger partial charge on any atom is -0.467 e. The van der Waals surface area contributed by atoms with E-state index >= 15 is 0 Å². The van der Waals surface area contributed by atoms with Gasteiger partial charge in [0.25, 0.3) is 17.7 Å². The Hall–Kier alpha value is -6.38. The molecule has 15 nitrogen and oxygen atoms in total. The number of benzene rings is 2. The van der Waals surface area contributed by atoms with Crippen molar-refractivity contribution in [2.75, 3.05) is 23.7 Å². The molecule has 2 aromatic carbocycles. The number of unbranched alkanes of at least 4 members (excludes halogenated alkanes) is 3. The number of aromatic nitrogens is 4. The zero-order chi connectivity index (χ0) is 35.3. The van der Waals surface area contributed by atoms with E-state index < -0.39 is 29.7 Å². The molecule has 5 aromatic rings. The van der Waals surface area contributed by atoms with E-state index in [1.165, 1.54) is 0 Å². The molecule has 7 rings (SSSR count). The first-order valence-corrected chi connectivity index (χ1v) is 16.8. The highest BCUT2D eigenvalue weighted by Gasteiger charge is 2.45. The Morgan fingerprint density at radius 1 is 0.922 bits per heavy atom. The lowest BCUT2D eigenvalue weighted by atomic mass is 10.0. The number of amides is 5. The fourth-order valence-corrected chi connectivity index (χ4v) is 6.32. The van der Waals surface area contributed by atoms with Crippen LogP contribution in [0.15, 0.2) is 77.8 Å². The Bertz CT molecular complexity index is 2110. The standard InChI is InChI=1S/C36H35N9O6/c46-29-15-14-27(34(48)42-29)45-35(49)25-8-5-9-26(30(25)36(45)50)37-16-3-1-2-4-17-38-33(47)23-12-10-22(11-13-23)31-32-43-41-21-44(32)28(20-40-31)39-19-24-7-6-18-51-24/h5-13,18,20-21,27,37,39H,1-4,14-17,19H2,(H,38,47)(H,42,46,48). The summed E-state index contributed by atoms with van der Waals surface area (Å²) in [5, 5.41) is 20.0. The first-order valence-electron chi connectivity index (χ1n) is 16.8. The number of carbonyl (C=O) groups is 5. The summed E-state index contributed by atoms with van der Waals surface area (Å²) in [6.45, 7) is 1.60. The first-order chi connectivity index (χ1) is 24.9. The lowest BCUT2D eigenvalue weighted by Gasteiger charge is -2.27. The molecule has 2 aliphatic heterocycles. The van der Waals surface area contributed by atoms with E-state index in [0.717, 1.165) is 47.7 Å². The summed E-state index contributed by atoms with van der Waals surface area (Å²) in [7, 11) is 0. The number of rotatable bonds is 14. The van der Waals surface area contributed by atoms with Crippen molar-refractivity contribution in [3.8, 4) is 11.3 Å². The SMILES string of the molecule is O=C1CCC(N2C(=O)c3cccc(NCCCCCCNC(=O)c4ccc(-c5ncc(NCc6ccco6)n6cnnc56)cc4)c3C2=O)C(=O)N1. The zero-order valence-corrected chi connectivity index (χ0v) is 27.6. The molecule has 1 unspecified atom stereocenters. The van der Waals surface area contributed by atoms with E-state index in [1.807, 2.05) is 28.7 Å². The third kappa shape index (κ3) is 6.90. The molecule has 0 radical (unpaired) electrons. The van der Waals surface area contributed by atoms with Crippen molar-refractivity contribution in [2.45, 2.75) is 51.1 Å².